The molecular weight excluding hydrogens is 212 g/mol. The van der Waals surface area contributed by atoms with E-state index in [4.69, 9.17) is 5.73 Å². The summed E-state index contributed by atoms with van der Waals surface area (Å²) in [5, 5.41) is 3.53. The Morgan fingerprint density at radius 1 is 1.35 bits per heavy atom. The highest BCUT2D eigenvalue weighted by Crippen LogP contribution is 2.29. The Hall–Kier alpha value is -1.32. The van der Waals surface area contributed by atoms with Gasteiger partial charge in [0.2, 0.25) is 0 Å². The van der Waals surface area contributed by atoms with Crippen LogP contribution in [-0.2, 0) is 0 Å². The van der Waals surface area contributed by atoms with Crippen molar-refractivity contribution in [3.8, 4) is 0 Å². The molecule has 1 aliphatic carbocycles. The summed E-state index contributed by atoms with van der Waals surface area (Å²) in [6.07, 6.45) is 6.47. The first kappa shape index (κ1) is 12.1. The number of nitrogen functional groups attached to an aromatic ring is 1. The summed E-state index contributed by atoms with van der Waals surface area (Å²) in [7, 11) is 0. The Morgan fingerprint density at radius 3 is 2.82 bits per heavy atom. The van der Waals surface area contributed by atoms with E-state index in [1.807, 2.05) is 13.0 Å². The number of rotatable bonds is 3. The highest BCUT2D eigenvalue weighted by molar-refractivity contribution is 5.45. The minimum atomic E-state index is 0.544. The molecule has 0 aliphatic heterocycles. The van der Waals surface area contributed by atoms with Gasteiger partial charge in [-0.2, -0.15) is 0 Å². The fourth-order valence-electron chi connectivity index (χ4n) is 2.74. The molecule has 1 aromatic heterocycles. The molecule has 1 heterocycles. The third-order valence-electron chi connectivity index (χ3n) is 3.62. The van der Waals surface area contributed by atoms with E-state index >= 15 is 0 Å². The second-order valence-corrected chi connectivity index (χ2v) is 4.93. The van der Waals surface area contributed by atoms with Crippen molar-refractivity contribution < 1.29 is 0 Å². The van der Waals surface area contributed by atoms with Gasteiger partial charge in [-0.3, -0.25) is 0 Å². The van der Waals surface area contributed by atoms with Crippen LogP contribution in [0.25, 0.3) is 0 Å². The average molecular weight is 234 g/mol. The zero-order chi connectivity index (χ0) is 12.3. The Labute approximate surface area is 103 Å². The lowest BCUT2D eigenvalue weighted by molar-refractivity contribution is 0.317. The molecule has 2 rings (SSSR count). The van der Waals surface area contributed by atoms with Gasteiger partial charge in [0.25, 0.3) is 0 Å². The smallest absolute Gasteiger partial charge is 0.132 e. The Kier molecular flexibility index (Phi) is 3.82. The lowest BCUT2D eigenvalue weighted by Gasteiger charge is -2.31. The number of hydrogen-bond donors (Lipinski definition) is 2. The van der Waals surface area contributed by atoms with Crippen molar-refractivity contribution in [1.29, 1.82) is 0 Å². The fraction of sp³-hybridized carbons (Fsp3) is 0.692. The van der Waals surface area contributed by atoms with E-state index in [9.17, 15) is 0 Å². The predicted octanol–water partition coefficient (Wildman–Crippen LogP) is 2.75. The summed E-state index contributed by atoms with van der Waals surface area (Å²) in [4.78, 5) is 8.49. The van der Waals surface area contributed by atoms with Crippen LogP contribution >= 0.6 is 0 Å². The van der Waals surface area contributed by atoms with Crippen LogP contribution in [0.4, 0.5) is 11.6 Å². The highest BCUT2D eigenvalue weighted by atomic mass is 15.1. The van der Waals surface area contributed by atoms with Crippen molar-refractivity contribution >= 4 is 11.6 Å². The summed E-state index contributed by atoms with van der Waals surface area (Å²) >= 11 is 0. The van der Waals surface area contributed by atoms with E-state index in [2.05, 4.69) is 22.2 Å². The number of aryl methyl sites for hydroxylation is 1. The van der Waals surface area contributed by atoms with Gasteiger partial charge < -0.3 is 11.1 Å². The lowest BCUT2D eigenvalue weighted by atomic mass is 9.83. The molecule has 4 nitrogen and oxygen atoms in total. The van der Waals surface area contributed by atoms with E-state index in [0.717, 1.165) is 17.6 Å². The molecule has 0 radical (unpaired) electrons. The molecule has 1 aromatic rings. The van der Waals surface area contributed by atoms with Crippen molar-refractivity contribution in [2.24, 2.45) is 5.92 Å². The third-order valence-corrected chi connectivity index (χ3v) is 3.62. The summed E-state index contributed by atoms with van der Waals surface area (Å²) in [5.41, 5.74) is 5.74. The maximum atomic E-state index is 5.74. The largest absolute Gasteiger partial charge is 0.384 e. The van der Waals surface area contributed by atoms with Gasteiger partial charge in [0.15, 0.2) is 0 Å². The molecule has 3 N–H and O–H groups in total. The Morgan fingerprint density at radius 2 is 2.12 bits per heavy atom. The molecule has 0 aromatic carbocycles. The molecule has 2 unspecified atom stereocenters. The van der Waals surface area contributed by atoms with E-state index in [-0.39, 0.29) is 0 Å². The molecule has 0 spiro atoms. The van der Waals surface area contributed by atoms with E-state index in [1.165, 1.54) is 32.1 Å². The molecular formula is C13H22N4. The monoisotopic (exact) mass is 234 g/mol. The summed E-state index contributed by atoms with van der Waals surface area (Å²) < 4.78 is 0. The predicted molar refractivity (Wildman–Crippen MR) is 70.8 cm³/mol. The first-order valence-corrected chi connectivity index (χ1v) is 6.56. The van der Waals surface area contributed by atoms with Crippen LogP contribution in [0.15, 0.2) is 6.07 Å². The van der Waals surface area contributed by atoms with E-state index in [1.54, 1.807) is 0 Å². The molecule has 0 bridgehead atoms. The number of anilines is 2. The zero-order valence-corrected chi connectivity index (χ0v) is 10.7. The summed E-state index contributed by atoms with van der Waals surface area (Å²) in [6.45, 7) is 4.14. The molecule has 1 fully saturated rings. The van der Waals surface area contributed by atoms with E-state index < -0.39 is 0 Å². The molecule has 0 saturated heterocycles. The van der Waals surface area contributed by atoms with Crippen LogP contribution in [-0.4, -0.2) is 16.0 Å². The maximum Gasteiger partial charge on any atom is 0.132 e. The number of nitrogens with zero attached hydrogens (tertiary/aromatic N) is 2. The number of hydrogen-bond acceptors (Lipinski definition) is 4. The molecule has 1 saturated carbocycles. The van der Waals surface area contributed by atoms with Crippen LogP contribution in [0, 0.1) is 12.8 Å². The van der Waals surface area contributed by atoms with Gasteiger partial charge in [0.1, 0.15) is 17.5 Å². The Balaban J connectivity index is 2.08. The second kappa shape index (κ2) is 5.34. The van der Waals surface area contributed by atoms with Gasteiger partial charge in [0, 0.05) is 12.1 Å². The number of nitrogens with two attached hydrogens (primary N) is 1. The van der Waals surface area contributed by atoms with Crippen molar-refractivity contribution in [3.63, 3.8) is 0 Å². The molecule has 4 heteroatoms. The molecule has 1 aliphatic rings. The van der Waals surface area contributed by atoms with Crippen molar-refractivity contribution in [2.45, 2.75) is 52.0 Å². The first-order chi connectivity index (χ1) is 8.19. The number of nitrogens with one attached hydrogen (secondary N) is 1. The van der Waals surface area contributed by atoms with Crippen LogP contribution < -0.4 is 11.1 Å². The third kappa shape index (κ3) is 3.08. The minimum absolute atomic E-state index is 0.544. The molecule has 17 heavy (non-hydrogen) atoms. The fourth-order valence-corrected chi connectivity index (χ4v) is 2.74. The molecule has 0 amide bonds. The van der Waals surface area contributed by atoms with Crippen molar-refractivity contribution in [2.75, 3.05) is 11.1 Å². The number of aromatic nitrogens is 2. The van der Waals surface area contributed by atoms with Crippen LogP contribution in [0.2, 0.25) is 0 Å². The zero-order valence-electron chi connectivity index (χ0n) is 10.7. The van der Waals surface area contributed by atoms with Crippen LogP contribution in [0.5, 0.6) is 0 Å². The topological polar surface area (TPSA) is 63.8 Å². The summed E-state index contributed by atoms with van der Waals surface area (Å²) in [5.74, 6) is 2.92. The average Bonchev–Trinajstić information content (AvgIpc) is 2.28. The second-order valence-electron chi connectivity index (χ2n) is 4.93. The normalized spacial score (nSPS) is 24.6. The van der Waals surface area contributed by atoms with Gasteiger partial charge in [-0.15, -0.1) is 0 Å². The molecule has 94 valence electrons. The van der Waals surface area contributed by atoms with Gasteiger partial charge in [0.05, 0.1) is 0 Å². The van der Waals surface area contributed by atoms with Crippen molar-refractivity contribution in [1.82, 2.24) is 9.97 Å². The molecule has 2 atom stereocenters. The SMILES string of the molecule is CCC1CCCCC1Nc1cc(N)nc(C)n1. The van der Waals surface area contributed by atoms with Crippen molar-refractivity contribution in [3.05, 3.63) is 11.9 Å². The van der Waals surface area contributed by atoms with Gasteiger partial charge >= 0.3 is 0 Å². The maximum absolute atomic E-state index is 5.74. The first-order valence-electron chi connectivity index (χ1n) is 6.56. The lowest BCUT2D eigenvalue weighted by Crippen LogP contribution is -2.32. The Bertz CT molecular complexity index is 357. The summed E-state index contributed by atoms with van der Waals surface area (Å²) in [6, 6.07) is 2.37. The van der Waals surface area contributed by atoms with Crippen LogP contribution in [0.3, 0.4) is 0 Å². The van der Waals surface area contributed by atoms with Crippen LogP contribution in [0.1, 0.15) is 44.9 Å². The van der Waals surface area contributed by atoms with Gasteiger partial charge in [-0.05, 0) is 25.7 Å². The van der Waals surface area contributed by atoms with Gasteiger partial charge in [-0.1, -0.05) is 26.2 Å². The van der Waals surface area contributed by atoms with Gasteiger partial charge in [-0.25, -0.2) is 9.97 Å². The highest BCUT2D eigenvalue weighted by Gasteiger charge is 2.23. The standard InChI is InChI=1S/C13H22N4/c1-3-10-6-4-5-7-11(10)17-13-8-12(14)15-9(2)16-13/h8,10-11H,3-7H2,1-2H3,(H3,14,15,16,17). The van der Waals surface area contributed by atoms with E-state index in [0.29, 0.717) is 11.9 Å². The minimum Gasteiger partial charge on any atom is -0.384 e. The quantitative estimate of drug-likeness (QED) is 0.844.